The molecule has 0 bridgehead atoms. The van der Waals surface area contributed by atoms with Crippen molar-refractivity contribution in [3.05, 3.63) is 23.9 Å². The fraction of sp³-hybridized carbons (Fsp3) is 0.643. The van der Waals surface area contributed by atoms with Crippen LogP contribution in [0, 0.1) is 5.41 Å². The Bertz CT molecular complexity index is 370. The van der Waals surface area contributed by atoms with Gasteiger partial charge in [-0.25, -0.2) is 4.98 Å². The molecule has 1 aliphatic rings. The van der Waals surface area contributed by atoms with Crippen LogP contribution in [-0.2, 0) is 5.88 Å². The number of halogens is 1. The second kappa shape index (κ2) is 5.26. The molecule has 0 N–H and O–H groups in total. The van der Waals surface area contributed by atoms with Gasteiger partial charge < -0.3 is 4.90 Å². The largest absolute Gasteiger partial charge is 0.356 e. The highest BCUT2D eigenvalue weighted by molar-refractivity contribution is 6.17. The highest BCUT2D eigenvalue weighted by Gasteiger charge is 2.29. The minimum absolute atomic E-state index is 0.520. The van der Waals surface area contributed by atoms with Crippen molar-refractivity contribution in [2.75, 3.05) is 18.0 Å². The molecule has 17 heavy (non-hydrogen) atoms. The first-order valence-corrected chi connectivity index (χ1v) is 6.97. The van der Waals surface area contributed by atoms with Crippen LogP contribution in [0.25, 0.3) is 0 Å². The van der Waals surface area contributed by atoms with Crippen LogP contribution in [0.1, 0.15) is 38.7 Å². The molecule has 1 aliphatic heterocycles. The first-order valence-electron chi connectivity index (χ1n) is 6.43. The summed E-state index contributed by atoms with van der Waals surface area (Å²) in [5.41, 5.74) is 1.67. The number of hydrogen-bond donors (Lipinski definition) is 0. The summed E-state index contributed by atoms with van der Waals surface area (Å²) in [5, 5.41) is 0. The molecule has 2 nitrogen and oxygen atoms in total. The number of aromatic nitrogens is 1. The first kappa shape index (κ1) is 12.7. The lowest BCUT2D eigenvalue weighted by Crippen LogP contribution is -2.39. The fourth-order valence-corrected chi connectivity index (χ4v) is 2.64. The smallest absolute Gasteiger partial charge is 0.132 e. The van der Waals surface area contributed by atoms with Gasteiger partial charge in [0.25, 0.3) is 0 Å². The molecule has 0 spiro atoms. The Morgan fingerprint density at radius 2 is 2.12 bits per heavy atom. The van der Waals surface area contributed by atoms with Gasteiger partial charge in [-0.05, 0) is 24.3 Å². The zero-order valence-corrected chi connectivity index (χ0v) is 11.5. The normalized spacial score (nSPS) is 19.4. The summed E-state index contributed by atoms with van der Waals surface area (Å²) in [6.45, 7) is 6.89. The molecular formula is C14H21ClN2. The Balaban J connectivity index is 2.10. The molecule has 1 aromatic rings. The minimum atomic E-state index is 0.520. The van der Waals surface area contributed by atoms with Crippen molar-refractivity contribution in [2.24, 2.45) is 5.41 Å². The average molecular weight is 253 g/mol. The van der Waals surface area contributed by atoms with Crippen LogP contribution in [0.2, 0.25) is 0 Å². The predicted octanol–water partition coefficient (Wildman–Crippen LogP) is 3.84. The van der Waals surface area contributed by atoms with E-state index in [1.54, 1.807) is 0 Å². The molecule has 0 radical (unpaired) electrons. The van der Waals surface area contributed by atoms with Crippen LogP contribution >= 0.6 is 11.6 Å². The van der Waals surface area contributed by atoms with Crippen LogP contribution in [0.15, 0.2) is 18.3 Å². The van der Waals surface area contributed by atoms with Gasteiger partial charge in [-0.2, -0.15) is 0 Å². The van der Waals surface area contributed by atoms with Crippen molar-refractivity contribution in [1.82, 2.24) is 4.98 Å². The summed E-state index contributed by atoms with van der Waals surface area (Å²) in [7, 11) is 0. The van der Waals surface area contributed by atoms with Gasteiger partial charge in [-0.1, -0.05) is 26.3 Å². The minimum Gasteiger partial charge on any atom is -0.356 e. The summed E-state index contributed by atoms with van der Waals surface area (Å²) >= 11 is 5.97. The fourth-order valence-electron chi connectivity index (χ4n) is 2.43. The SMILES string of the molecule is CCC1(C)CCN(c2ncccc2CCl)CC1. The molecule has 1 aromatic heterocycles. The molecule has 0 aliphatic carbocycles. The standard InChI is InChI=1S/C14H21ClN2/c1-3-14(2)6-9-17(10-7-14)13-12(11-15)5-4-8-16-13/h4-5,8H,3,6-7,9-11H2,1-2H3. The Labute approximate surface area is 109 Å². The second-order valence-corrected chi connectivity index (χ2v) is 5.54. The van der Waals surface area contributed by atoms with E-state index in [1.165, 1.54) is 19.3 Å². The van der Waals surface area contributed by atoms with Crippen molar-refractivity contribution >= 4 is 17.4 Å². The molecule has 0 amide bonds. The van der Waals surface area contributed by atoms with E-state index >= 15 is 0 Å². The number of hydrogen-bond acceptors (Lipinski definition) is 2. The first-order chi connectivity index (χ1) is 8.18. The molecule has 0 aromatic carbocycles. The van der Waals surface area contributed by atoms with E-state index in [1.807, 2.05) is 12.3 Å². The van der Waals surface area contributed by atoms with Crippen LogP contribution in [0.3, 0.4) is 0 Å². The quantitative estimate of drug-likeness (QED) is 0.760. The van der Waals surface area contributed by atoms with Crippen molar-refractivity contribution in [1.29, 1.82) is 0 Å². The summed E-state index contributed by atoms with van der Waals surface area (Å²) in [6.07, 6.45) is 5.63. The predicted molar refractivity (Wildman–Crippen MR) is 73.6 cm³/mol. The molecule has 0 unspecified atom stereocenters. The van der Waals surface area contributed by atoms with E-state index in [0.717, 1.165) is 24.5 Å². The maximum Gasteiger partial charge on any atom is 0.132 e. The topological polar surface area (TPSA) is 16.1 Å². The van der Waals surface area contributed by atoms with Gasteiger partial charge in [0, 0.05) is 24.8 Å². The van der Waals surface area contributed by atoms with E-state index in [2.05, 4.69) is 29.8 Å². The summed E-state index contributed by atoms with van der Waals surface area (Å²) in [6, 6.07) is 4.03. The van der Waals surface area contributed by atoms with Gasteiger partial charge in [-0.3, -0.25) is 0 Å². The number of pyridine rings is 1. The molecule has 2 rings (SSSR count). The molecule has 0 saturated carbocycles. The van der Waals surface area contributed by atoms with Crippen LogP contribution in [0.5, 0.6) is 0 Å². The second-order valence-electron chi connectivity index (χ2n) is 5.27. The maximum atomic E-state index is 5.97. The Kier molecular flexibility index (Phi) is 3.93. The van der Waals surface area contributed by atoms with E-state index in [4.69, 9.17) is 11.6 Å². The zero-order chi connectivity index (χ0) is 12.3. The molecule has 0 atom stereocenters. The van der Waals surface area contributed by atoms with Gasteiger partial charge in [0.15, 0.2) is 0 Å². The number of anilines is 1. The van der Waals surface area contributed by atoms with E-state index < -0.39 is 0 Å². The van der Waals surface area contributed by atoms with Gasteiger partial charge in [0.05, 0.1) is 5.88 Å². The van der Waals surface area contributed by atoms with Crippen molar-refractivity contribution in [3.63, 3.8) is 0 Å². The number of nitrogens with zero attached hydrogens (tertiary/aromatic N) is 2. The molecule has 1 saturated heterocycles. The number of piperidine rings is 1. The lowest BCUT2D eigenvalue weighted by Gasteiger charge is -2.40. The third-order valence-corrected chi connectivity index (χ3v) is 4.42. The van der Waals surface area contributed by atoms with Crippen molar-refractivity contribution in [3.8, 4) is 0 Å². The van der Waals surface area contributed by atoms with Crippen molar-refractivity contribution in [2.45, 2.75) is 39.0 Å². The molecule has 3 heteroatoms. The van der Waals surface area contributed by atoms with Crippen molar-refractivity contribution < 1.29 is 0 Å². The number of rotatable bonds is 3. The number of alkyl halides is 1. The Hall–Kier alpha value is -0.760. The van der Waals surface area contributed by atoms with E-state index in [0.29, 0.717) is 11.3 Å². The highest BCUT2D eigenvalue weighted by Crippen LogP contribution is 2.35. The van der Waals surface area contributed by atoms with Gasteiger partial charge in [-0.15, -0.1) is 11.6 Å². The highest BCUT2D eigenvalue weighted by atomic mass is 35.5. The molecule has 2 heterocycles. The third-order valence-electron chi connectivity index (χ3n) is 4.14. The monoisotopic (exact) mass is 252 g/mol. The molecule has 94 valence electrons. The third kappa shape index (κ3) is 2.74. The van der Waals surface area contributed by atoms with E-state index in [9.17, 15) is 0 Å². The average Bonchev–Trinajstić information content (AvgIpc) is 2.40. The summed E-state index contributed by atoms with van der Waals surface area (Å²) < 4.78 is 0. The van der Waals surface area contributed by atoms with Crippen LogP contribution in [-0.4, -0.2) is 18.1 Å². The lowest BCUT2D eigenvalue weighted by molar-refractivity contribution is 0.237. The molecule has 1 fully saturated rings. The summed E-state index contributed by atoms with van der Waals surface area (Å²) in [5.74, 6) is 1.63. The van der Waals surface area contributed by atoms with Gasteiger partial charge >= 0.3 is 0 Å². The maximum absolute atomic E-state index is 5.97. The van der Waals surface area contributed by atoms with Gasteiger partial charge in [0.1, 0.15) is 5.82 Å². The zero-order valence-electron chi connectivity index (χ0n) is 10.7. The summed E-state index contributed by atoms with van der Waals surface area (Å²) in [4.78, 5) is 6.87. The van der Waals surface area contributed by atoms with E-state index in [-0.39, 0.29) is 0 Å². The Morgan fingerprint density at radius 3 is 2.71 bits per heavy atom. The van der Waals surface area contributed by atoms with Crippen LogP contribution in [0.4, 0.5) is 5.82 Å². The molecular weight excluding hydrogens is 232 g/mol. The lowest BCUT2D eigenvalue weighted by atomic mass is 9.78. The Morgan fingerprint density at radius 1 is 1.41 bits per heavy atom. The van der Waals surface area contributed by atoms with Gasteiger partial charge in [0.2, 0.25) is 0 Å². The van der Waals surface area contributed by atoms with Crippen LogP contribution < -0.4 is 4.90 Å².